The van der Waals surface area contributed by atoms with Crippen LogP contribution in [0.1, 0.15) is 32.7 Å². The van der Waals surface area contributed by atoms with Crippen LogP contribution in [0.5, 0.6) is 0 Å². The molecule has 0 spiro atoms. The Morgan fingerprint density at radius 3 is 2.54 bits per heavy atom. The van der Waals surface area contributed by atoms with Crippen LogP contribution in [0.4, 0.5) is 0 Å². The lowest BCUT2D eigenvalue weighted by molar-refractivity contribution is 0.0948. The summed E-state index contributed by atoms with van der Waals surface area (Å²) < 4.78 is 4.95. The van der Waals surface area contributed by atoms with Crippen molar-refractivity contribution in [1.29, 1.82) is 0 Å². The van der Waals surface area contributed by atoms with Crippen LogP contribution in [0.15, 0.2) is 48.9 Å². The molecular weight excluding hydrogens is 356 g/mol. The third kappa shape index (κ3) is 4.95. The summed E-state index contributed by atoms with van der Waals surface area (Å²) in [7, 11) is 1.62. The van der Waals surface area contributed by atoms with E-state index in [1.807, 2.05) is 24.4 Å². The fourth-order valence-electron chi connectivity index (χ4n) is 2.96. The van der Waals surface area contributed by atoms with E-state index in [0.717, 1.165) is 22.9 Å². The number of carbonyl (C=O) groups excluding carboxylic acids is 2. The minimum atomic E-state index is -0.253. The number of amides is 2. The van der Waals surface area contributed by atoms with Gasteiger partial charge in [-0.15, -0.1) is 0 Å². The average Bonchev–Trinajstić information content (AvgIpc) is 3.14. The van der Waals surface area contributed by atoms with Gasteiger partial charge in [0.1, 0.15) is 0 Å². The van der Waals surface area contributed by atoms with Gasteiger partial charge >= 0.3 is 0 Å². The summed E-state index contributed by atoms with van der Waals surface area (Å²) in [6.45, 7) is 1.58. The van der Waals surface area contributed by atoms with E-state index < -0.39 is 0 Å². The second kappa shape index (κ2) is 9.66. The number of ether oxygens (including phenoxy) is 1. The third-order valence-corrected chi connectivity index (χ3v) is 4.43. The van der Waals surface area contributed by atoms with Crippen molar-refractivity contribution in [3.8, 4) is 0 Å². The number of carbonyl (C=O) groups is 2. The van der Waals surface area contributed by atoms with E-state index >= 15 is 0 Å². The van der Waals surface area contributed by atoms with Gasteiger partial charge in [0.2, 0.25) is 0 Å². The van der Waals surface area contributed by atoms with Gasteiger partial charge in [0.15, 0.2) is 0 Å². The van der Waals surface area contributed by atoms with E-state index in [1.54, 1.807) is 13.2 Å². The number of benzene rings is 1. The van der Waals surface area contributed by atoms with Crippen molar-refractivity contribution in [2.24, 2.45) is 0 Å². The van der Waals surface area contributed by atoms with Crippen molar-refractivity contribution in [2.45, 2.75) is 12.8 Å². The smallest absolute Gasteiger partial charge is 0.252 e. The largest absolute Gasteiger partial charge is 0.385 e. The number of hydrogen-bond donors (Lipinski definition) is 3. The number of methoxy groups -OCH3 is 1. The van der Waals surface area contributed by atoms with Crippen LogP contribution in [0, 0.1) is 0 Å². The molecule has 7 nitrogen and oxygen atoms in total. The Kier molecular flexibility index (Phi) is 6.75. The number of aromatic nitrogens is 2. The van der Waals surface area contributed by atoms with Gasteiger partial charge in [-0.1, -0.05) is 18.2 Å². The molecule has 7 heteroatoms. The quantitative estimate of drug-likeness (QED) is 0.496. The van der Waals surface area contributed by atoms with Gasteiger partial charge in [-0.3, -0.25) is 14.6 Å². The summed E-state index contributed by atoms with van der Waals surface area (Å²) in [6, 6.07) is 9.62. The van der Waals surface area contributed by atoms with E-state index in [0.29, 0.717) is 37.2 Å². The number of rotatable bonds is 9. The molecule has 0 atom stereocenters. The Labute approximate surface area is 163 Å². The maximum Gasteiger partial charge on any atom is 0.252 e. The predicted molar refractivity (Wildman–Crippen MR) is 107 cm³/mol. The minimum absolute atomic E-state index is 0.249. The zero-order chi connectivity index (χ0) is 19.8. The molecule has 3 rings (SSSR count). The molecule has 2 amide bonds. The lowest BCUT2D eigenvalue weighted by Crippen LogP contribution is -2.28. The summed E-state index contributed by atoms with van der Waals surface area (Å²) in [5, 5.41) is 6.83. The van der Waals surface area contributed by atoms with Crippen LogP contribution in [-0.4, -0.2) is 48.6 Å². The van der Waals surface area contributed by atoms with Crippen molar-refractivity contribution < 1.29 is 14.3 Å². The van der Waals surface area contributed by atoms with Gasteiger partial charge in [-0.25, -0.2) is 0 Å². The molecule has 28 heavy (non-hydrogen) atoms. The Hall–Kier alpha value is -3.19. The summed E-state index contributed by atoms with van der Waals surface area (Å²) in [6.07, 6.45) is 6.32. The van der Waals surface area contributed by atoms with Crippen LogP contribution in [0.25, 0.3) is 10.9 Å². The van der Waals surface area contributed by atoms with Crippen molar-refractivity contribution >= 4 is 22.7 Å². The predicted octanol–water partition coefficient (Wildman–Crippen LogP) is 2.30. The Bertz CT molecular complexity index is 951. The molecule has 0 aliphatic carbocycles. The number of nitrogens with one attached hydrogen (secondary N) is 3. The molecule has 0 unspecified atom stereocenters. The molecule has 0 radical (unpaired) electrons. The Morgan fingerprint density at radius 2 is 1.79 bits per heavy atom. The number of pyridine rings is 1. The summed E-state index contributed by atoms with van der Waals surface area (Å²) in [4.78, 5) is 31.8. The first-order chi connectivity index (χ1) is 13.7. The zero-order valence-electron chi connectivity index (χ0n) is 15.8. The first kappa shape index (κ1) is 19.6. The van der Waals surface area contributed by atoms with Gasteiger partial charge in [0.25, 0.3) is 11.8 Å². The molecule has 1 aromatic carbocycles. The van der Waals surface area contributed by atoms with Crippen molar-refractivity contribution in [3.05, 3.63) is 65.6 Å². The van der Waals surface area contributed by atoms with Gasteiger partial charge in [-0.05, 0) is 30.5 Å². The highest BCUT2D eigenvalue weighted by Gasteiger charge is 2.11. The monoisotopic (exact) mass is 380 g/mol. The van der Waals surface area contributed by atoms with Crippen molar-refractivity contribution in [2.75, 3.05) is 26.8 Å². The highest BCUT2D eigenvalue weighted by atomic mass is 16.5. The van der Waals surface area contributed by atoms with Crippen LogP contribution < -0.4 is 10.6 Å². The van der Waals surface area contributed by atoms with Gasteiger partial charge in [-0.2, -0.15) is 0 Å². The normalized spacial score (nSPS) is 10.8. The van der Waals surface area contributed by atoms with E-state index in [4.69, 9.17) is 4.74 Å². The molecule has 3 N–H and O–H groups in total. The number of H-pyrrole nitrogens is 1. The second-order valence-electron chi connectivity index (χ2n) is 6.43. The maximum atomic E-state index is 12.4. The van der Waals surface area contributed by atoms with E-state index in [-0.39, 0.29) is 11.8 Å². The van der Waals surface area contributed by atoms with E-state index in [9.17, 15) is 9.59 Å². The van der Waals surface area contributed by atoms with Gasteiger partial charge < -0.3 is 20.4 Å². The van der Waals surface area contributed by atoms with Gasteiger partial charge in [0, 0.05) is 56.3 Å². The Balaban J connectivity index is 1.53. The van der Waals surface area contributed by atoms with Gasteiger partial charge in [0.05, 0.1) is 11.1 Å². The zero-order valence-corrected chi connectivity index (χ0v) is 15.8. The number of nitrogens with zero attached hydrogens (tertiary/aromatic N) is 1. The molecule has 0 fully saturated rings. The second-order valence-corrected chi connectivity index (χ2v) is 6.43. The molecule has 0 aliphatic heterocycles. The summed E-state index contributed by atoms with van der Waals surface area (Å²) >= 11 is 0. The van der Waals surface area contributed by atoms with Crippen LogP contribution in [0.3, 0.4) is 0 Å². The average molecular weight is 380 g/mol. The van der Waals surface area contributed by atoms with Crippen LogP contribution >= 0.6 is 0 Å². The SMILES string of the molecule is COCCCNC(=O)c1cncc(C(=O)NCCc2c[nH]c3ccccc23)c1. The molecule has 0 bridgehead atoms. The lowest BCUT2D eigenvalue weighted by atomic mass is 10.1. The molecule has 2 aromatic heterocycles. The first-order valence-electron chi connectivity index (χ1n) is 9.24. The number of fused-ring (bicyclic) bond motifs is 1. The molecule has 3 aromatic rings. The number of para-hydroxylation sites is 1. The van der Waals surface area contributed by atoms with Crippen LogP contribution in [-0.2, 0) is 11.2 Å². The molecule has 0 saturated carbocycles. The van der Waals surface area contributed by atoms with Crippen molar-refractivity contribution in [1.82, 2.24) is 20.6 Å². The third-order valence-electron chi connectivity index (χ3n) is 4.43. The molecule has 146 valence electrons. The first-order valence-corrected chi connectivity index (χ1v) is 9.24. The number of hydrogen-bond acceptors (Lipinski definition) is 4. The van der Waals surface area contributed by atoms with Crippen LogP contribution in [0.2, 0.25) is 0 Å². The molecule has 0 aliphatic rings. The summed E-state index contributed by atoms with van der Waals surface area (Å²) in [5.74, 6) is -0.501. The van der Waals surface area contributed by atoms with E-state index in [2.05, 4.69) is 26.7 Å². The maximum absolute atomic E-state index is 12.4. The Morgan fingerprint density at radius 1 is 1.07 bits per heavy atom. The molecule has 2 heterocycles. The molecular formula is C21H24N4O3. The summed E-state index contributed by atoms with van der Waals surface area (Å²) in [5.41, 5.74) is 2.96. The molecule has 0 saturated heterocycles. The lowest BCUT2D eigenvalue weighted by Gasteiger charge is -2.07. The fourth-order valence-corrected chi connectivity index (χ4v) is 2.96. The fraction of sp³-hybridized carbons (Fsp3) is 0.286. The van der Waals surface area contributed by atoms with Crippen molar-refractivity contribution in [3.63, 3.8) is 0 Å². The standard InChI is InChI=1S/C21H24N4O3/c1-28-10-4-8-23-20(26)16-11-17(13-22-12-16)21(27)24-9-7-15-14-25-19-6-3-2-5-18(15)19/h2-3,5-6,11-14,25H,4,7-10H2,1H3,(H,23,26)(H,24,27). The highest BCUT2D eigenvalue weighted by Crippen LogP contribution is 2.17. The number of aromatic amines is 1. The van der Waals surface area contributed by atoms with E-state index in [1.165, 1.54) is 12.4 Å². The highest BCUT2D eigenvalue weighted by molar-refractivity contribution is 5.99. The topological polar surface area (TPSA) is 96.1 Å². The minimum Gasteiger partial charge on any atom is -0.385 e.